The molecule has 0 saturated carbocycles. The summed E-state index contributed by atoms with van der Waals surface area (Å²) in [5, 5.41) is 0. The Labute approximate surface area is 114 Å². The Hall–Kier alpha value is -1.39. The van der Waals surface area contributed by atoms with E-state index in [4.69, 9.17) is 0 Å². The van der Waals surface area contributed by atoms with E-state index in [0.29, 0.717) is 32.6 Å². The van der Waals surface area contributed by atoms with E-state index in [9.17, 15) is 14.4 Å². The van der Waals surface area contributed by atoms with Crippen molar-refractivity contribution in [3.05, 3.63) is 0 Å². The van der Waals surface area contributed by atoms with Crippen molar-refractivity contribution in [2.24, 2.45) is 5.92 Å². The van der Waals surface area contributed by atoms with Crippen molar-refractivity contribution in [2.45, 2.75) is 40.0 Å². The summed E-state index contributed by atoms with van der Waals surface area (Å²) in [6.45, 7) is 7.86. The molecule has 0 unspecified atom stereocenters. The van der Waals surface area contributed by atoms with Gasteiger partial charge in [0.15, 0.2) is 0 Å². The molecule has 0 atom stereocenters. The normalized spacial score (nSPS) is 16.4. The van der Waals surface area contributed by atoms with Crippen LogP contribution in [-0.2, 0) is 14.4 Å². The summed E-state index contributed by atoms with van der Waals surface area (Å²) >= 11 is 0. The van der Waals surface area contributed by atoms with Gasteiger partial charge in [0.25, 0.3) is 0 Å². The van der Waals surface area contributed by atoms with Crippen LogP contribution < -0.4 is 0 Å². The maximum Gasteiger partial charge on any atom is 0.225 e. The number of amides is 2. The van der Waals surface area contributed by atoms with Crippen LogP contribution in [-0.4, -0.2) is 53.6 Å². The Morgan fingerprint density at radius 3 is 2.11 bits per heavy atom. The molecule has 0 radical (unpaired) electrons. The molecule has 0 aromatic heterocycles. The largest absolute Gasteiger partial charge is 0.341 e. The highest BCUT2D eigenvalue weighted by Gasteiger charge is 2.23. The van der Waals surface area contributed by atoms with Gasteiger partial charge in [-0.15, -0.1) is 0 Å². The lowest BCUT2D eigenvalue weighted by atomic mass is 10.2. The van der Waals surface area contributed by atoms with E-state index in [1.165, 1.54) is 6.92 Å². The lowest BCUT2D eigenvalue weighted by Crippen LogP contribution is -2.39. The van der Waals surface area contributed by atoms with E-state index >= 15 is 0 Å². The second kappa shape index (κ2) is 7.26. The van der Waals surface area contributed by atoms with Crippen molar-refractivity contribution in [1.82, 2.24) is 9.80 Å². The van der Waals surface area contributed by atoms with Gasteiger partial charge in [0.05, 0.1) is 0 Å². The van der Waals surface area contributed by atoms with Crippen LogP contribution in [0, 0.1) is 5.92 Å². The Morgan fingerprint density at radius 1 is 0.947 bits per heavy atom. The number of Topliss-reactive ketones (excluding diaryl/α,β-unsaturated/α-hetero) is 1. The van der Waals surface area contributed by atoms with Crippen LogP contribution in [0.2, 0.25) is 0 Å². The van der Waals surface area contributed by atoms with Crippen LogP contribution in [0.5, 0.6) is 0 Å². The smallest absolute Gasteiger partial charge is 0.225 e. The third kappa shape index (κ3) is 5.01. The first-order valence-corrected chi connectivity index (χ1v) is 6.97. The minimum atomic E-state index is -0.0000330. The van der Waals surface area contributed by atoms with Gasteiger partial charge in [-0.25, -0.2) is 0 Å². The number of nitrogens with zero attached hydrogens (tertiary/aromatic N) is 2. The maximum absolute atomic E-state index is 11.9. The number of carbonyl (C=O) groups excluding carboxylic acids is 3. The number of ketones is 1. The minimum Gasteiger partial charge on any atom is -0.341 e. The Morgan fingerprint density at radius 2 is 1.53 bits per heavy atom. The molecule has 0 N–H and O–H groups in total. The molecule has 108 valence electrons. The average molecular weight is 268 g/mol. The van der Waals surface area contributed by atoms with Crippen molar-refractivity contribution in [3.8, 4) is 0 Å². The molecule has 1 aliphatic rings. The van der Waals surface area contributed by atoms with Crippen LogP contribution in [0.15, 0.2) is 0 Å². The van der Waals surface area contributed by atoms with Gasteiger partial charge in [-0.1, -0.05) is 13.8 Å². The van der Waals surface area contributed by atoms with Gasteiger partial charge in [-0.3, -0.25) is 9.59 Å². The van der Waals surface area contributed by atoms with Gasteiger partial charge in [0, 0.05) is 44.9 Å². The Kier molecular flexibility index (Phi) is 5.99. The monoisotopic (exact) mass is 268 g/mol. The molecule has 1 aliphatic heterocycles. The van der Waals surface area contributed by atoms with Gasteiger partial charge >= 0.3 is 0 Å². The van der Waals surface area contributed by atoms with E-state index in [-0.39, 0.29) is 29.9 Å². The molecule has 1 heterocycles. The third-order valence-corrected chi connectivity index (χ3v) is 3.35. The number of rotatable bonds is 4. The van der Waals surface area contributed by atoms with Crippen molar-refractivity contribution >= 4 is 17.6 Å². The summed E-state index contributed by atoms with van der Waals surface area (Å²) in [6.07, 6.45) is 1.40. The molecule has 5 nitrogen and oxygen atoms in total. The Bertz CT molecular complexity index is 353. The summed E-state index contributed by atoms with van der Waals surface area (Å²) in [5.74, 6) is 0.215. The highest BCUT2D eigenvalue weighted by Crippen LogP contribution is 2.09. The molecule has 0 aliphatic carbocycles. The molecule has 1 fully saturated rings. The lowest BCUT2D eigenvalue weighted by molar-refractivity contribution is -0.135. The summed E-state index contributed by atoms with van der Waals surface area (Å²) in [4.78, 5) is 38.4. The van der Waals surface area contributed by atoms with E-state index in [1.54, 1.807) is 4.90 Å². The molecule has 1 rings (SSSR count). The minimum absolute atomic E-state index is 0.0000330. The molecule has 0 aromatic carbocycles. The fourth-order valence-corrected chi connectivity index (χ4v) is 2.19. The van der Waals surface area contributed by atoms with Gasteiger partial charge in [-0.2, -0.15) is 0 Å². The summed E-state index contributed by atoms with van der Waals surface area (Å²) < 4.78 is 0. The zero-order chi connectivity index (χ0) is 14.4. The van der Waals surface area contributed by atoms with Crippen LogP contribution in [0.1, 0.15) is 40.0 Å². The summed E-state index contributed by atoms with van der Waals surface area (Å²) in [5.41, 5.74) is 0. The number of carbonyl (C=O) groups is 3. The number of hydrogen-bond donors (Lipinski definition) is 0. The Balaban J connectivity index is 2.47. The first-order valence-electron chi connectivity index (χ1n) is 6.97. The summed E-state index contributed by atoms with van der Waals surface area (Å²) in [7, 11) is 0. The van der Waals surface area contributed by atoms with E-state index < -0.39 is 0 Å². The van der Waals surface area contributed by atoms with Crippen molar-refractivity contribution in [1.29, 1.82) is 0 Å². The molecule has 5 heteroatoms. The topological polar surface area (TPSA) is 57.7 Å². The molecule has 0 bridgehead atoms. The molecule has 2 amide bonds. The predicted octanol–water partition coefficient (Wildman–Crippen LogP) is 1.07. The average Bonchev–Trinajstić information content (AvgIpc) is 2.60. The van der Waals surface area contributed by atoms with Crippen LogP contribution in [0.25, 0.3) is 0 Å². The highest BCUT2D eigenvalue weighted by atomic mass is 16.2. The number of hydrogen-bond acceptors (Lipinski definition) is 3. The van der Waals surface area contributed by atoms with Crippen molar-refractivity contribution in [2.75, 3.05) is 26.2 Å². The fourth-order valence-electron chi connectivity index (χ4n) is 2.19. The van der Waals surface area contributed by atoms with Gasteiger partial charge < -0.3 is 14.6 Å². The SMILES string of the molecule is CC(=O)CCC(=O)N1CCCN(C(=O)C(C)C)CC1. The quantitative estimate of drug-likeness (QED) is 0.766. The molecule has 1 saturated heterocycles. The molecule has 0 aromatic rings. The third-order valence-electron chi connectivity index (χ3n) is 3.35. The predicted molar refractivity (Wildman–Crippen MR) is 72.5 cm³/mol. The van der Waals surface area contributed by atoms with E-state index in [1.807, 2.05) is 18.7 Å². The van der Waals surface area contributed by atoms with Crippen molar-refractivity contribution in [3.63, 3.8) is 0 Å². The molecule has 19 heavy (non-hydrogen) atoms. The summed E-state index contributed by atoms with van der Waals surface area (Å²) in [6, 6.07) is 0. The van der Waals surface area contributed by atoms with Gasteiger partial charge in [-0.05, 0) is 13.3 Å². The second-order valence-electron chi connectivity index (χ2n) is 5.42. The van der Waals surface area contributed by atoms with Crippen LogP contribution in [0.4, 0.5) is 0 Å². The van der Waals surface area contributed by atoms with Crippen LogP contribution in [0.3, 0.4) is 0 Å². The second-order valence-corrected chi connectivity index (χ2v) is 5.42. The van der Waals surface area contributed by atoms with E-state index in [0.717, 1.165) is 6.42 Å². The van der Waals surface area contributed by atoms with Crippen LogP contribution >= 0.6 is 0 Å². The van der Waals surface area contributed by atoms with Crippen molar-refractivity contribution < 1.29 is 14.4 Å². The standard InChI is InChI=1S/C14H24N2O3/c1-11(2)14(19)16-8-4-7-15(9-10-16)13(18)6-5-12(3)17/h11H,4-10H2,1-3H3. The first-order chi connectivity index (χ1) is 8.91. The van der Waals surface area contributed by atoms with E-state index in [2.05, 4.69) is 0 Å². The zero-order valence-electron chi connectivity index (χ0n) is 12.1. The van der Waals surface area contributed by atoms with Gasteiger partial charge in [0.1, 0.15) is 5.78 Å². The van der Waals surface area contributed by atoms with Gasteiger partial charge in [0.2, 0.25) is 11.8 Å². The molecular weight excluding hydrogens is 244 g/mol. The molecule has 0 spiro atoms. The first kappa shape index (κ1) is 15.7. The highest BCUT2D eigenvalue weighted by molar-refractivity contribution is 5.83. The zero-order valence-corrected chi connectivity index (χ0v) is 12.1. The fraction of sp³-hybridized carbons (Fsp3) is 0.786. The molecular formula is C14H24N2O3. The lowest BCUT2D eigenvalue weighted by Gasteiger charge is -2.23. The maximum atomic E-state index is 11.9.